The van der Waals surface area contributed by atoms with Crippen LogP contribution in [0, 0.1) is 31.8 Å². The second-order valence-corrected chi connectivity index (χ2v) is 7.78. The number of rotatable bonds is 4. The fourth-order valence-corrected chi connectivity index (χ4v) is 3.92. The van der Waals surface area contributed by atoms with E-state index in [0.29, 0.717) is 5.82 Å². The summed E-state index contributed by atoms with van der Waals surface area (Å²) in [6, 6.07) is 12.0. The zero-order valence-corrected chi connectivity index (χ0v) is 17.9. The zero-order chi connectivity index (χ0) is 22.3. The van der Waals surface area contributed by atoms with Gasteiger partial charge in [0.05, 0.1) is 28.8 Å². The number of fused-ring (bicyclic) bond motifs is 1. The second-order valence-electron chi connectivity index (χ2n) is 7.78. The Morgan fingerprint density at radius 1 is 1.16 bits per heavy atom. The van der Waals surface area contributed by atoms with Crippen LogP contribution in [0.1, 0.15) is 29.3 Å². The van der Waals surface area contributed by atoms with Crippen molar-refractivity contribution in [2.24, 2.45) is 0 Å². The van der Waals surface area contributed by atoms with Gasteiger partial charge in [-0.25, -0.2) is 19.3 Å². The minimum atomic E-state index is -0.530. The van der Waals surface area contributed by atoms with E-state index in [0.717, 1.165) is 33.6 Å². The van der Waals surface area contributed by atoms with Crippen molar-refractivity contribution in [2.45, 2.75) is 27.7 Å². The lowest BCUT2D eigenvalue weighted by Gasteiger charge is -2.34. The van der Waals surface area contributed by atoms with Crippen molar-refractivity contribution in [3.05, 3.63) is 82.1 Å². The number of aromatic nitrogens is 2. The van der Waals surface area contributed by atoms with Crippen LogP contribution in [0.5, 0.6) is 0 Å². The van der Waals surface area contributed by atoms with Gasteiger partial charge in [-0.2, -0.15) is 0 Å². The number of quaternary nitrogens is 1. The molecule has 0 saturated heterocycles. The van der Waals surface area contributed by atoms with Crippen LogP contribution in [-0.2, 0) is 4.79 Å². The number of nitrogens with one attached hydrogen (secondary N) is 2. The van der Waals surface area contributed by atoms with Gasteiger partial charge >= 0.3 is 0 Å². The number of hydrogen-bond acceptors (Lipinski definition) is 4. The molecule has 2 heterocycles. The number of carbonyl (C=O) groups is 1. The third-order valence-electron chi connectivity index (χ3n) is 5.37. The first-order chi connectivity index (χ1) is 14.8. The summed E-state index contributed by atoms with van der Waals surface area (Å²) in [5, 5.41) is 21.2. The number of halogens is 1. The Bertz CT molecular complexity index is 1200. The van der Waals surface area contributed by atoms with Crippen LogP contribution in [0.2, 0.25) is 0 Å². The number of hydrogen-bond donors (Lipinski definition) is 2. The van der Waals surface area contributed by atoms with Crippen LogP contribution in [-0.4, -0.2) is 27.2 Å². The molecule has 3 aromatic rings. The first kappa shape index (κ1) is 20.8. The molecule has 0 aliphatic carbocycles. The molecule has 0 saturated carbocycles. The van der Waals surface area contributed by atoms with Gasteiger partial charge in [0.1, 0.15) is 12.4 Å². The van der Waals surface area contributed by atoms with E-state index < -0.39 is 11.7 Å². The average Bonchev–Trinajstić information content (AvgIpc) is 3.05. The molecule has 0 fully saturated rings. The largest absolute Gasteiger partial charge is 0.601 e. The van der Waals surface area contributed by atoms with Gasteiger partial charge < -0.3 is 10.5 Å². The fraction of sp³-hybridized carbons (Fsp3) is 0.217. The highest BCUT2D eigenvalue weighted by atomic mass is 19.1. The number of amides is 1. The summed E-state index contributed by atoms with van der Waals surface area (Å²) in [6.45, 7) is 7.61. The van der Waals surface area contributed by atoms with E-state index in [-0.39, 0.29) is 17.4 Å². The highest BCUT2D eigenvalue weighted by Gasteiger charge is 2.31. The SMILES string of the molecule is CC1=CN(CC(=O)Nc2ccccc2F)[NH+]([O-])c2nn(-c3ccc(C)cc3C)c(C)c21. The molecule has 1 amide bonds. The standard InChI is InChI=1S/C23H24FN5O2/c1-14-9-10-20(15(2)11-14)28-17(4)22-16(3)12-27(29(31)23(22)26-28)13-21(30)25-19-8-6-5-7-18(19)24/h5-12,29H,13H2,1-4H3,(H,25,30). The molecule has 160 valence electrons. The second kappa shape index (κ2) is 7.98. The van der Waals surface area contributed by atoms with E-state index in [9.17, 15) is 14.4 Å². The molecule has 0 bridgehead atoms. The molecular weight excluding hydrogens is 397 g/mol. The van der Waals surface area contributed by atoms with Crippen molar-refractivity contribution in [1.29, 1.82) is 0 Å². The summed E-state index contributed by atoms with van der Waals surface area (Å²) in [5.41, 5.74) is 5.65. The van der Waals surface area contributed by atoms with E-state index in [1.807, 2.05) is 39.8 Å². The normalized spacial score (nSPS) is 15.5. The summed E-state index contributed by atoms with van der Waals surface area (Å²) >= 11 is 0. The number of nitrogens with zero attached hydrogens (tertiary/aromatic N) is 3. The van der Waals surface area contributed by atoms with Crippen molar-refractivity contribution in [1.82, 2.24) is 14.8 Å². The summed E-state index contributed by atoms with van der Waals surface area (Å²) in [7, 11) is 0. The zero-order valence-electron chi connectivity index (χ0n) is 17.9. The summed E-state index contributed by atoms with van der Waals surface area (Å²) in [4.78, 5) is 12.4. The Morgan fingerprint density at radius 2 is 1.90 bits per heavy atom. The van der Waals surface area contributed by atoms with E-state index in [4.69, 9.17) is 0 Å². The molecule has 8 heteroatoms. The number of para-hydroxylation sites is 1. The maximum atomic E-state index is 13.8. The summed E-state index contributed by atoms with van der Waals surface area (Å²) in [5.74, 6) is -0.717. The molecule has 1 aliphatic heterocycles. The summed E-state index contributed by atoms with van der Waals surface area (Å²) < 4.78 is 15.6. The predicted octanol–water partition coefficient (Wildman–Crippen LogP) is 3.18. The Kier molecular flexibility index (Phi) is 5.34. The van der Waals surface area contributed by atoms with Gasteiger partial charge in [0.15, 0.2) is 0 Å². The first-order valence-electron chi connectivity index (χ1n) is 9.97. The number of allylic oxidation sites excluding steroid dienone is 1. The molecule has 2 N–H and O–H groups in total. The topological polar surface area (TPSA) is 77.7 Å². The highest BCUT2D eigenvalue weighted by Crippen LogP contribution is 2.30. The minimum Gasteiger partial charge on any atom is -0.601 e. The smallest absolute Gasteiger partial charge is 0.277 e. The van der Waals surface area contributed by atoms with Crippen LogP contribution >= 0.6 is 0 Å². The van der Waals surface area contributed by atoms with Crippen molar-refractivity contribution < 1.29 is 14.4 Å². The lowest BCUT2D eigenvalue weighted by Crippen LogP contribution is -3.09. The molecular formula is C23H24FN5O2. The van der Waals surface area contributed by atoms with Crippen molar-refractivity contribution in [2.75, 3.05) is 11.9 Å². The molecule has 0 spiro atoms. The van der Waals surface area contributed by atoms with Gasteiger partial charge in [-0.1, -0.05) is 29.8 Å². The molecule has 1 atom stereocenters. The maximum absolute atomic E-state index is 13.8. The lowest BCUT2D eigenvalue weighted by atomic mass is 10.1. The maximum Gasteiger partial charge on any atom is 0.277 e. The number of benzene rings is 2. The molecule has 7 nitrogen and oxygen atoms in total. The average molecular weight is 421 g/mol. The van der Waals surface area contributed by atoms with Gasteiger partial charge in [0, 0.05) is 0 Å². The monoisotopic (exact) mass is 421 g/mol. The van der Waals surface area contributed by atoms with Crippen molar-refractivity contribution in [3.63, 3.8) is 0 Å². The highest BCUT2D eigenvalue weighted by molar-refractivity contribution is 5.92. The van der Waals surface area contributed by atoms with Crippen LogP contribution in [0.15, 0.2) is 48.7 Å². The molecule has 0 radical (unpaired) electrons. The van der Waals surface area contributed by atoms with Crippen LogP contribution in [0.4, 0.5) is 15.9 Å². The number of carbonyl (C=O) groups excluding carboxylic acids is 1. The lowest BCUT2D eigenvalue weighted by molar-refractivity contribution is -0.903. The Morgan fingerprint density at radius 3 is 2.61 bits per heavy atom. The van der Waals surface area contributed by atoms with Crippen LogP contribution < -0.4 is 10.5 Å². The Balaban J connectivity index is 1.61. The van der Waals surface area contributed by atoms with E-state index in [2.05, 4.69) is 16.5 Å². The van der Waals surface area contributed by atoms with Gasteiger partial charge in [-0.15, -0.1) is 5.10 Å². The number of aryl methyl sites for hydroxylation is 2. The molecule has 2 aromatic carbocycles. The fourth-order valence-electron chi connectivity index (χ4n) is 3.92. The molecule has 4 rings (SSSR count). The van der Waals surface area contributed by atoms with Crippen LogP contribution in [0.25, 0.3) is 11.3 Å². The van der Waals surface area contributed by atoms with Crippen molar-refractivity contribution >= 4 is 23.0 Å². The quantitative estimate of drug-likeness (QED) is 0.635. The molecule has 1 aliphatic rings. The van der Waals surface area contributed by atoms with E-state index in [1.54, 1.807) is 23.0 Å². The third kappa shape index (κ3) is 3.83. The molecule has 31 heavy (non-hydrogen) atoms. The number of anilines is 1. The van der Waals surface area contributed by atoms with Gasteiger partial charge in [-0.3, -0.25) is 4.79 Å². The molecule has 1 aromatic heterocycles. The van der Waals surface area contributed by atoms with Gasteiger partial charge in [-0.05, 0) is 57.0 Å². The van der Waals surface area contributed by atoms with E-state index >= 15 is 0 Å². The third-order valence-corrected chi connectivity index (χ3v) is 5.37. The minimum absolute atomic E-state index is 0.0771. The Hall–Kier alpha value is -3.49. The van der Waals surface area contributed by atoms with Crippen molar-refractivity contribution in [3.8, 4) is 5.69 Å². The van der Waals surface area contributed by atoms with E-state index in [1.165, 1.54) is 17.1 Å². The first-order valence-corrected chi connectivity index (χ1v) is 9.97. The van der Waals surface area contributed by atoms with Crippen LogP contribution in [0.3, 0.4) is 0 Å². The van der Waals surface area contributed by atoms with Gasteiger partial charge in [0.2, 0.25) is 5.91 Å². The molecule has 1 unspecified atom stereocenters. The predicted molar refractivity (Wildman–Crippen MR) is 117 cm³/mol. The summed E-state index contributed by atoms with van der Waals surface area (Å²) in [6.07, 6.45) is 1.65. The Labute approximate surface area is 179 Å². The van der Waals surface area contributed by atoms with Gasteiger partial charge in [0.25, 0.3) is 5.82 Å².